The summed E-state index contributed by atoms with van der Waals surface area (Å²) in [6.07, 6.45) is 0.425. The first-order chi connectivity index (χ1) is 8.54. The van der Waals surface area contributed by atoms with E-state index < -0.39 is 12.0 Å². The quantitative estimate of drug-likeness (QED) is 0.782. The molecule has 0 saturated carbocycles. The van der Waals surface area contributed by atoms with Crippen LogP contribution in [-0.4, -0.2) is 22.9 Å². The number of carboxylic acid groups (broad SMARTS) is 1. The lowest BCUT2D eigenvalue weighted by atomic mass is 10.2. The molecule has 0 aliphatic rings. The Morgan fingerprint density at radius 1 is 1.61 bits per heavy atom. The first-order valence-corrected chi connectivity index (χ1v) is 6.82. The van der Waals surface area contributed by atoms with Gasteiger partial charge in [0.1, 0.15) is 6.04 Å². The SMILES string of the molecule is N#Cc1ccc(CSCCC(N)C(=O)O)c(Cl)c1. The summed E-state index contributed by atoms with van der Waals surface area (Å²) in [6.45, 7) is 0. The summed E-state index contributed by atoms with van der Waals surface area (Å²) in [4.78, 5) is 10.5. The molecule has 1 aromatic carbocycles. The molecule has 6 heteroatoms. The summed E-state index contributed by atoms with van der Waals surface area (Å²) in [5.74, 6) is 0.354. The van der Waals surface area contributed by atoms with Crippen molar-refractivity contribution in [2.24, 2.45) is 5.73 Å². The molecule has 96 valence electrons. The Morgan fingerprint density at radius 3 is 2.89 bits per heavy atom. The summed E-state index contributed by atoms with van der Waals surface area (Å²) in [6, 6.07) is 6.35. The van der Waals surface area contributed by atoms with Crippen molar-refractivity contribution in [2.75, 3.05) is 5.75 Å². The minimum absolute atomic E-state index is 0.425. The number of thioether (sulfide) groups is 1. The van der Waals surface area contributed by atoms with Crippen LogP contribution in [-0.2, 0) is 10.5 Å². The topological polar surface area (TPSA) is 87.1 Å². The molecule has 0 spiro atoms. The van der Waals surface area contributed by atoms with Crippen molar-refractivity contribution < 1.29 is 9.90 Å². The summed E-state index contributed by atoms with van der Waals surface area (Å²) < 4.78 is 0. The molecule has 3 N–H and O–H groups in total. The van der Waals surface area contributed by atoms with Gasteiger partial charge in [0.25, 0.3) is 0 Å². The molecule has 18 heavy (non-hydrogen) atoms. The average molecular weight is 285 g/mol. The zero-order valence-corrected chi connectivity index (χ0v) is 11.2. The summed E-state index contributed by atoms with van der Waals surface area (Å²) in [5.41, 5.74) is 6.85. The van der Waals surface area contributed by atoms with Gasteiger partial charge in [-0.15, -0.1) is 0 Å². The van der Waals surface area contributed by atoms with E-state index in [-0.39, 0.29) is 0 Å². The number of rotatable bonds is 6. The molecule has 1 atom stereocenters. The third-order valence-corrected chi connectivity index (χ3v) is 3.72. The Hall–Kier alpha value is -1.22. The van der Waals surface area contributed by atoms with Gasteiger partial charge in [-0.2, -0.15) is 17.0 Å². The largest absolute Gasteiger partial charge is 0.480 e. The first-order valence-electron chi connectivity index (χ1n) is 5.29. The van der Waals surface area contributed by atoms with Gasteiger partial charge >= 0.3 is 5.97 Å². The second-order valence-corrected chi connectivity index (χ2v) is 5.22. The predicted octanol–water partition coefficient (Wildman–Crippen LogP) is 2.25. The fraction of sp³-hybridized carbons (Fsp3) is 0.333. The lowest BCUT2D eigenvalue weighted by Crippen LogP contribution is -2.30. The Balaban J connectivity index is 2.41. The van der Waals surface area contributed by atoms with Gasteiger partial charge < -0.3 is 10.8 Å². The van der Waals surface area contributed by atoms with E-state index in [0.29, 0.717) is 28.5 Å². The highest BCUT2D eigenvalue weighted by Crippen LogP contribution is 2.22. The number of hydrogen-bond acceptors (Lipinski definition) is 4. The van der Waals surface area contributed by atoms with E-state index in [9.17, 15) is 4.79 Å². The van der Waals surface area contributed by atoms with Crippen LogP contribution < -0.4 is 5.73 Å². The van der Waals surface area contributed by atoms with E-state index in [4.69, 9.17) is 27.7 Å². The second-order valence-electron chi connectivity index (χ2n) is 3.70. The highest BCUT2D eigenvalue weighted by Gasteiger charge is 2.10. The maximum atomic E-state index is 10.5. The molecule has 0 amide bonds. The van der Waals surface area contributed by atoms with Gasteiger partial charge in [-0.05, 0) is 29.9 Å². The van der Waals surface area contributed by atoms with Crippen molar-refractivity contribution in [3.63, 3.8) is 0 Å². The van der Waals surface area contributed by atoms with Gasteiger partial charge in [0, 0.05) is 10.8 Å². The van der Waals surface area contributed by atoms with E-state index in [1.807, 2.05) is 12.1 Å². The average Bonchev–Trinajstić information content (AvgIpc) is 2.35. The summed E-state index contributed by atoms with van der Waals surface area (Å²) in [5, 5.41) is 17.9. The van der Waals surface area contributed by atoms with Crippen LogP contribution in [0.1, 0.15) is 17.5 Å². The third-order valence-electron chi connectivity index (χ3n) is 2.33. The van der Waals surface area contributed by atoms with Crippen molar-refractivity contribution in [1.29, 1.82) is 5.26 Å². The van der Waals surface area contributed by atoms with Gasteiger partial charge in [0.15, 0.2) is 0 Å². The Bertz CT molecular complexity index is 474. The Kier molecular flexibility index (Phi) is 5.99. The highest BCUT2D eigenvalue weighted by molar-refractivity contribution is 7.98. The number of benzene rings is 1. The van der Waals surface area contributed by atoms with Gasteiger partial charge in [-0.1, -0.05) is 17.7 Å². The van der Waals surface area contributed by atoms with E-state index >= 15 is 0 Å². The van der Waals surface area contributed by atoms with Gasteiger partial charge in [-0.3, -0.25) is 4.79 Å². The minimum atomic E-state index is -0.980. The molecule has 0 bridgehead atoms. The van der Waals surface area contributed by atoms with Crippen molar-refractivity contribution in [1.82, 2.24) is 0 Å². The van der Waals surface area contributed by atoms with Crippen LogP contribution in [0.3, 0.4) is 0 Å². The van der Waals surface area contributed by atoms with E-state index in [1.54, 1.807) is 23.9 Å². The molecular formula is C12H13ClN2O2S. The van der Waals surface area contributed by atoms with E-state index in [1.165, 1.54) is 0 Å². The smallest absolute Gasteiger partial charge is 0.320 e. The van der Waals surface area contributed by atoms with Crippen LogP contribution in [0.15, 0.2) is 18.2 Å². The molecule has 0 saturated heterocycles. The Labute approximate surface area is 115 Å². The van der Waals surface area contributed by atoms with Gasteiger partial charge in [0.05, 0.1) is 11.6 Å². The molecule has 0 aromatic heterocycles. The van der Waals surface area contributed by atoms with E-state index in [0.717, 1.165) is 5.56 Å². The molecule has 1 rings (SSSR count). The van der Waals surface area contributed by atoms with Crippen molar-refractivity contribution in [3.05, 3.63) is 34.3 Å². The first kappa shape index (κ1) is 14.8. The molecule has 1 unspecified atom stereocenters. The molecule has 0 radical (unpaired) electrons. The molecule has 4 nitrogen and oxygen atoms in total. The standard InChI is InChI=1S/C12H13ClN2O2S/c13-10-5-8(6-14)1-2-9(10)7-18-4-3-11(15)12(16)17/h1-2,5,11H,3-4,7,15H2,(H,16,17). The number of aliphatic carboxylic acids is 1. The maximum absolute atomic E-state index is 10.5. The summed E-state index contributed by atoms with van der Waals surface area (Å²) >= 11 is 7.59. The Morgan fingerprint density at radius 2 is 2.33 bits per heavy atom. The molecule has 1 aromatic rings. The number of halogens is 1. The number of nitrogens with zero attached hydrogens (tertiary/aromatic N) is 1. The van der Waals surface area contributed by atoms with Crippen LogP contribution in [0.25, 0.3) is 0 Å². The number of carbonyl (C=O) groups is 1. The summed E-state index contributed by atoms with van der Waals surface area (Å²) in [7, 11) is 0. The lowest BCUT2D eigenvalue weighted by molar-refractivity contribution is -0.138. The van der Waals surface area contributed by atoms with Gasteiger partial charge in [0.2, 0.25) is 0 Å². The number of hydrogen-bond donors (Lipinski definition) is 2. The van der Waals surface area contributed by atoms with Crippen LogP contribution in [0.2, 0.25) is 5.02 Å². The molecule has 0 fully saturated rings. The van der Waals surface area contributed by atoms with Crippen molar-refractivity contribution in [3.8, 4) is 6.07 Å². The third kappa shape index (κ3) is 4.57. The predicted molar refractivity (Wildman–Crippen MR) is 72.6 cm³/mol. The maximum Gasteiger partial charge on any atom is 0.320 e. The molecule has 0 aliphatic carbocycles. The van der Waals surface area contributed by atoms with E-state index in [2.05, 4.69) is 0 Å². The zero-order chi connectivity index (χ0) is 13.5. The van der Waals surface area contributed by atoms with Crippen molar-refractivity contribution in [2.45, 2.75) is 18.2 Å². The normalized spacial score (nSPS) is 11.8. The molecular weight excluding hydrogens is 272 g/mol. The fourth-order valence-corrected chi connectivity index (χ4v) is 2.61. The van der Waals surface area contributed by atoms with Gasteiger partial charge in [-0.25, -0.2) is 0 Å². The number of nitriles is 1. The van der Waals surface area contributed by atoms with Crippen LogP contribution in [0.5, 0.6) is 0 Å². The number of carboxylic acids is 1. The van der Waals surface area contributed by atoms with Crippen LogP contribution in [0, 0.1) is 11.3 Å². The molecule has 0 heterocycles. The van der Waals surface area contributed by atoms with Crippen LogP contribution >= 0.6 is 23.4 Å². The monoisotopic (exact) mass is 284 g/mol. The minimum Gasteiger partial charge on any atom is -0.480 e. The lowest BCUT2D eigenvalue weighted by Gasteiger charge is -2.07. The number of nitrogens with two attached hydrogens (primary N) is 1. The molecule has 0 aliphatic heterocycles. The van der Waals surface area contributed by atoms with Crippen molar-refractivity contribution >= 4 is 29.3 Å². The van der Waals surface area contributed by atoms with Crippen LogP contribution in [0.4, 0.5) is 0 Å². The zero-order valence-electron chi connectivity index (χ0n) is 9.60. The highest BCUT2D eigenvalue weighted by atomic mass is 35.5. The fourth-order valence-electron chi connectivity index (χ4n) is 1.25. The second kappa shape index (κ2) is 7.27.